The second-order valence-electron chi connectivity index (χ2n) is 6.42. The smallest absolute Gasteiger partial charge is 0.262 e. The Kier molecular flexibility index (Phi) is 7.26. The standard InChI is InChI=1S/C22H19Cl3N2O2/c1-14-5-7-17(24)11-20(14)27-22(28)13-29-21-8-6-15(9-19(21)25)12-26-18-4-2-3-16(23)10-18/h2-11,26H,12-13H2,1H3,(H,27,28). The van der Waals surface area contributed by atoms with E-state index in [1.165, 1.54) is 0 Å². The Morgan fingerprint density at radius 2 is 1.76 bits per heavy atom. The van der Waals surface area contributed by atoms with Gasteiger partial charge in [0.1, 0.15) is 5.75 Å². The van der Waals surface area contributed by atoms with E-state index < -0.39 is 0 Å². The number of aryl methyl sites for hydroxylation is 1. The van der Waals surface area contributed by atoms with Crippen molar-refractivity contribution in [1.82, 2.24) is 0 Å². The van der Waals surface area contributed by atoms with Gasteiger partial charge in [-0.1, -0.05) is 53.0 Å². The maximum atomic E-state index is 12.2. The third kappa shape index (κ3) is 6.29. The number of anilines is 2. The molecule has 0 aliphatic heterocycles. The molecule has 3 aromatic carbocycles. The van der Waals surface area contributed by atoms with Crippen molar-refractivity contribution in [3.8, 4) is 5.75 Å². The van der Waals surface area contributed by atoms with Crippen molar-refractivity contribution < 1.29 is 9.53 Å². The van der Waals surface area contributed by atoms with Gasteiger partial charge in [-0.15, -0.1) is 0 Å². The van der Waals surface area contributed by atoms with Gasteiger partial charge in [0.15, 0.2) is 6.61 Å². The second-order valence-corrected chi connectivity index (χ2v) is 7.70. The molecule has 0 bridgehead atoms. The zero-order valence-corrected chi connectivity index (χ0v) is 17.9. The van der Waals surface area contributed by atoms with Crippen LogP contribution in [-0.4, -0.2) is 12.5 Å². The van der Waals surface area contributed by atoms with Crippen LogP contribution in [-0.2, 0) is 11.3 Å². The third-order valence-electron chi connectivity index (χ3n) is 4.15. The number of amides is 1. The average Bonchev–Trinajstić information content (AvgIpc) is 2.68. The van der Waals surface area contributed by atoms with E-state index in [0.29, 0.717) is 33.0 Å². The van der Waals surface area contributed by atoms with E-state index >= 15 is 0 Å². The lowest BCUT2D eigenvalue weighted by atomic mass is 10.2. The van der Waals surface area contributed by atoms with Gasteiger partial charge in [0.2, 0.25) is 0 Å². The number of nitrogens with one attached hydrogen (secondary N) is 2. The SMILES string of the molecule is Cc1ccc(Cl)cc1NC(=O)COc1ccc(CNc2cccc(Cl)c2)cc1Cl. The molecule has 0 aliphatic carbocycles. The van der Waals surface area contributed by atoms with Crippen LogP contribution in [0.15, 0.2) is 60.7 Å². The summed E-state index contributed by atoms with van der Waals surface area (Å²) >= 11 is 18.3. The zero-order valence-electron chi connectivity index (χ0n) is 15.6. The lowest BCUT2D eigenvalue weighted by Gasteiger charge is -2.12. The average molecular weight is 450 g/mol. The van der Waals surface area contributed by atoms with E-state index in [1.54, 1.807) is 24.3 Å². The number of carbonyl (C=O) groups excluding carboxylic acids is 1. The molecule has 0 aliphatic rings. The van der Waals surface area contributed by atoms with E-state index in [0.717, 1.165) is 16.8 Å². The lowest BCUT2D eigenvalue weighted by Crippen LogP contribution is -2.20. The molecule has 0 heterocycles. The largest absolute Gasteiger partial charge is 0.482 e. The summed E-state index contributed by atoms with van der Waals surface area (Å²) < 4.78 is 5.56. The van der Waals surface area contributed by atoms with Crippen molar-refractivity contribution in [2.24, 2.45) is 0 Å². The molecule has 29 heavy (non-hydrogen) atoms. The van der Waals surface area contributed by atoms with E-state index in [-0.39, 0.29) is 12.5 Å². The van der Waals surface area contributed by atoms with Gasteiger partial charge in [-0.2, -0.15) is 0 Å². The first kappa shape index (κ1) is 21.3. The van der Waals surface area contributed by atoms with Gasteiger partial charge in [-0.05, 0) is 60.5 Å². The Morgan fingerprint density at radius 3 is 2.52 bits per heavy atom. The second kappa shape index (κ2) is 9.88. The monoisotopic (exact) mass is 448 g/mol. The Balaban J connectivity index is 1.54. The van der Waals surface area contributed by atoms with Crippen LogP contribution >= 0.6 is 34.8 Å². The molecule has 3 aromatic rings. The molecule has 150 valence electrons. The molecule has 0 saturated carbocycles. The van der Waals surface area contributed by atoms with E-state index in [2.05, 4.69) is 10.6 Å². The molecule has 2 N–H and O–H groups in total. The molecule has 1 amide bonds. The highest BCUT2D eigenvalue weighted by molar-refractivity contribution is 6.32. The number of halogens is 3. The van der Waals surface area contributed by atoms with Gasteiger partial charge < -0.3 is 15.4 Å². The fraction of sp³-hybridized carbons (Fsp3) is 0.136. The van der Waals surface area contributed by atoms with Gasteiger partial charge in [0.05, 0.1) is 5.02 Å². The summed E-state index contributed by atoms with van der Waals surface area (Å²) in [4.78, 5) is 12.2. The summed E-state index contributed by atoms with van der Waals surface area (Å²) in [6.45, 7) is 2.31. The van der Waals surface area contributed by atoms with Gasteiger partial charge in [0, 0.05) is 28.0 Å². The van der Waals surface area contributed by atoms with Gasteiger partial charge in [0.25, 0.3) is 5.91 Å². The fourth-order valence-electron chi connectivity index (χ4n) is 2.63. The first-order valence-electron chi connectivity index (χ1n) is 8.87. The number of rotatable bonds is 7. The summed E-state index contributed by atoms with van der Waals surface area (Å²) in [7, 11) is 0. The van der Waals surface area contributed by atoms with Gasteiger partial charge >= 0.3 is 0 Å². The Morgan fingerprint density at radius 1 is 0.966 bits per heavy atom. The molecular weight excluding hydrogens is 431 g/mol. The van der Waals surface area contributed by atoms with Crippen LogP contribution < -0.4 is 15.4 Å². The minimum Gasteiger partial charge on any atom is -0.482 e. The summed E-state index contributed by atoms with van der Waals surface area (Å²) in [6.07, 6.45) is 0. The van der Waals surface area contributed by atoms with Crippen molar-refractivity contribution in [1.29, 1.82) is 0 Å². The van der Waals surface area contributed by atoms with Crippen molar-refractivity contribution >= 4 is 52.1 Å². The predicted octanol–water partition coefficient (Wildman–Crippen LogP) is 6.58. The van der Waals surface area contributed by atoms with Crippen LogP contribution in [0.2, 0.25) is 15.1 Å². The molecule has 4 nitrogen and oxygen atoms in total. The molecule has 0 spiro atoms. The first-order chi connectivity index (χ1) is 13.9. The minimum absolute atomic E-state index is 0.161. The maximum Gasteiger partial charge on any atom is 0.262 e. The number of hydrogen-bond acceptors (Lipinski definition) is 3. The fourth-order valence-corrected chi connectivity index (χ4v) is 3.25. The number of ether oxygens (including phenoxy) is 1. The van der Waals surface area contributed by atoms with E-state index in [9.17, 15) is 4.79 Å². The van der Waals surface area contributed by atoms with Crippen LogP contribution in [0, 0.1) is 6.92 Å². The predicted molar refractivity (Wildman–Crippen MR) is 121 cm³/mol. The molecule has 0 unspecified atom stereocenters. The van der Waals surface area contributed by atoms with Gasteiger partial charge in [-0.3, -0.25) is 4.79 Å². The van der Waals surface area contributed by atoms with Crippen LogP contribution in [0.5, 0.6) is 5.75 Å². The highest BCUT2D eigenvalue weighted by Gasteiger charge is 2.09. The molecule has 0 fully saturated rings. The maximum absolute atomic E-state index is 12.2. The van der Waals surface area contributed by atoms with Crippen molar-refractivity contribution in [2.75, 3.05) is 17.2 Å². The van der Waals surface area contributed by atoms with E-state index in [1.807, 2.05) is 43.3 Å². The van der Waals surface area contributed by atoms with Crippen molar-refractivity contribution in [2.45, 2.75) is 13.5 Å². The summed E-state index contributed by atoms with van der Waals surface area (Å²) in [5.74, 6) is 0.147. The third-order valence-corrected chi connectivity index (χ3v) is 4.92. The van der Waals surface area contributed by atoms with Crippen LogP contribution in [0.1, 0.15) is 11.1 Å². The molecule has 0 radical (unpaired) electrons. The quantitative estimate of drug-likeness (QED) is 0.428. The molecular formula is C22H19Cl3N2O2. The first-order valence-corrected chi connectivity index (χ1v) is 10.0. The normalized spacial score (nSPS) is 10.5. The Bertz CT molecular complexity index is 1020. The number of carbonyl (C=O) groups is 1. The summed E-state index contributed by atoms with van der Waals surface area (Å²) in [5, 5.41) is 7.71. The number of hydrogen-bond donors (Lipinski definition) is 2. The minimum atomic E-state index is -0.293. The van der Waals surface area contributed by atoms with Gasteiger partial charge in [-0.25, -0.2) is 0 Å². The lowest BCUT2D eigenvalue weighted by molar-refractivity contribution is -0.118. The van der Waals surface area contributed by atoms with E-state index in [4.69, 9.17) is 39.5 Å². The molecule has 0 saturated heterocycles. The topological polar surface area (TPSA) is 50.4 Å². The highest BCUT2D eigenvalue weighted by Crippen LogP contribution is 2.26. The number of benzene rings is 3. The highest BCUT2D eigenvalue weighted by atomic mass is 35.5. The van der Waals surface area contributed by atoms with Crippen LogP contribution in [0.4, 0.5) is 11.4 Å². The van der Waals surface area contributed by atoms with Crippen LogP contribution in [0.25, 0.3) is 0 Å². The molecule has 0 atom stereocenters. The Labute approximate surface area is 184 Å². The Hall–Kier alpha value is -2.40. The van der Waals surface area contributed by atoms with Crippen molar-refractivity contribution in [3.63, 3.8) is 0 Å². The summed E-state index contributed by atoms with van der Waals surface area (Å²) in [5.41, 5.74) is 3.46. The van der Waals surface area contributed by atoms with Crippen LogP contribution in [0.3, 0.4) is 0 Å². The zero-order chi connectivity index (χ0) is 20.8. The molecule has 7 heteroatoms. The molecule has 3 rings (SSSR count). The van der Waals surface area contributed by atoms with Crippen molar-refractivity contribution in [3.05, 3.63) is 86.9 Å². The molecule has 0 aromatic heterocycles. The summed E-state index contributed by atoms with van der Waals surface area (Å²) in [6, 6.07) is 18.2.